The molecule has 4 atom stereocenters. The number of aliphatic hydroxyl groups is 3. The molecule has 2 heterocycles. The molecule has 0 aliphatic carbocycles. The van der Waals surface area contributed by atoms with Crippen LogP contribution in [0.1, 0.15) is 24.4 Å². The van der Waals surface area contributed by atoms with Crippen LogP contribution in [-0.2, 0) is 4.79 Å². The van der Waals surface area contributed by atoms with E-state index in [1.54, 1.807) is 0 Å². The molecule has 0 saturated carbocycles. The topological polar surface area (TPSA) is 84.2 Å². The smallest absolute Gasteiger partial charge is 0.210 e. The zero-order valence-corrected chi connectivity index (χ0v) is 13.7. The van der Waals surface area contributed by atoms with E-state index in [4.69, 9.17) is 0 Å². The lowest BCUT2D eigenvalue weighted by atomic mass is 9.86. The van der Waals surface area contributed by atoms with Crippen LogP contribution >= 0.6 is 0 Å². The van der Waals surface area contributed by atoms with E-state index in [1.165, 1.54) is 0 Å². The Hall–Kier alpha value is -1.47. The molecule has 2 aliphatic heterocycles. The summed E-state index contributed by atoms with van der Waals surface area (Å²) in [5, 5.41) is 29.4. The zero-order chi connectivity index (χ0) is 17.1. The van der Waals surface area contributed by atoms with E-state index in [0.717, 1.165) is 37.9 Å². The fraction of sp³-hybridized carbons (Fsp3) is 0.611. The summed E-state index contributed by atoms with van der Waals surface area (Å²) >= 11 is 0. The van der Waals surface area contributed by atoms with Gasteiger partial charge < -0.3 is 20.2 Å². The zero-order valence-electron chi connectivity index (χ0n) is 13.7. The maximum Gasteiger partial charge on any atom is 0.210 e. The van der Waals surface area contributed by atoms with Gasteiger partial charge in [0.2, 0.25) is 6.41 Å². The maximum absolute atomic E-state index is 11.4. The van der Waals surface area contributed by atoms with Gasteiger partial charge in [-0.25, -0.2) is 0 Å². The maximum atomic E-state index is 11.4. The van der Waals surface area contributed by atoms with Crippen molar-refractivity contribution >= 4 is 6.41 Å². The first kappa shape index (κ1) is 17.4. The van der Waals surface area contributed by atoms with Gasteiger partial charge in [0.1, 0.15) is 6.10 Å². The van der Waals surface area contributed by atoms with Crippen LogP contribution in [-0.4, -0.2) is 76.0 Å². The summed E-state index contributed by atoms with van der Waals surface area (Å²) in [5.41, 5.74) is 1.14. The Bertz CT molecular complexity index is 529. The molecular weight excluding hydrogens is 308 g/mol. The molecule has 2 aliphatic rings. The molecule has 1 amide bonds. The summed E-state index contributed by atoms with van der Waals surface area (Å²) in [6.45, 7) is 2.23. The van der Waals surface area contributed by atoms with Crippen molar-refractivity contribution < 1.29 is 20.1 Å². The number of hydrogen-bond donors (Lipinski definition) is 3. The van der Waals surface area contributed by atoms with E-state index in [2.05, 4.69) is 0 Å². The van der Waals surface area contributed by atoms with Gasteiger partial charge in [0.05, 0.1) is 18.2 Å². The number of carbonyl (C=O) groups excluding carboxylic acids is 1. The van der Waals surface area contributed by atoms with Crippen LogP contribution < -0.4 is 0 Å². The second-order valence-electron chi connectivity index (χ2n) is 7.00. The van der Waals surface area contributed by atoms with Crippen LogP contribution in [0.15, 0.2) is 30.3 Å². The van der Waals surface area contributed by atoms with E-state index < -0.39 is 18.3 Å². The fourth-order valence-corrected chi connectivity index (χ4v) is 3.94. The molecule has 24 heavy (non-hydrogen) atoms. The SMILES string of the molecule is O=CN1CCC(CN2CC(O)C(O)C(O)C2)CC1c1ccccc1. The van der Waals surface area contributed by atoms with Crippen LogP contribution in [0.3, 0.4) is 0 Å². The lowest BCUT2D eigenvalue weighted by Crippen LogP contribution is -2.56. The molecule has 132 valence electrons. The Balaban J connectivity index is 1.64. The molecule has 6 nitrogen and oxygen atoms in total. The van der Waals surface area contributed by atoms with Crippen LogP contribution in [0.2, 0.25) is 0 Å². The molecular formula is C18H26N2O4. The number of benzene rings is 1. The van der Waals surface area contributed by atoms with Gasteiger partial charge in [-0.2, -0.15) is 0 Å². The molecule has 0 radical (unpaired) electrons. The van der Waals surface area contributed by atoms with Crippen molar-refractivity contribution in [2.45, 2.75) is 37.2 Å². The van der Waals surface area contributed by atoms with Crippen LogP contribution in [0.25, 0.3) is 0 Å². The second kappa shape index (κ2) is 7.61. The van der Waals surface area contributed by atoms with E-state index in [1.807, 2.05) is 40.1 Å². The first-order valence-corrected chi connectivity index (χ1v) is 8.61. The average Bonchev–Trinajstić information content (AvgIpc) is 2.60. The van der Waals surface area contributed by atoms with E-state index >= 15 is 0 Å². The number of β-amino-alcohol motifs (C(OH)–C–C–N with tert-alkyl or cyclic N) is 2. The highest BCUT2D eigenvalue weighted by Crippen LogP contribution is 2.34. The van der Waals surface area contributed by atoms with Crippen molar-refractivity contribution in [1.29, 1.82) is 0 Å². The highest BCUT2D eigenvalue weighted by molar-refractivity contribution is 5.49. The third kappa shape index (κ3) is 3.78. The molecule has 1 aromatic rings. The molecule has 3 N–H and O–H groups in total. The van der Waals surface area contributed by atoms with Gasteiger partial charge in [-0.1, -0.05) is 30.3 Å². The largest absolute Gasteiger partial charge is 0.389 e. The number of nitrogens with zero attached hydrogens (tertiary/aromatic N) is 2. The molecule has 1 aromatic carbocycles. The van der Waals surface area contributed by atoms with Gasteiger partial charge in [0.25, 0.3) is 0 Å². The lowest BCUT2D eigenvalue weighted by Gasteiger charge is -2.42. The minimum Gasteiger partial charge on any atom is -0.389 e. The number of likely N-dealkylation sites (tertiary alicyclic amines) is 2. The highest BCUT2D eigenvalue weighted by atomic mass is 16.4. The van der Waals surface area contributed by atoms with Crippen LogP contribution in [0.5, 0.6) is 0 Å². The normalized spacial score (nSPS) is 35.0. The minimum absolute atomic E-state index is 0.0766. The van der Waals surface area contributed by atoms with E-state index in [9.17, 15) is 20.1 Å². The first-order valence-electron chi connectivity index (χ1n) is 8.61. The van der Waals surface area contributed by atoms with Gasteiger partial charge in [0.15, 0.2) is 0 Å². The number of hydrogen-bond acceptors (Lipinski definition) is 5. The third-order valence-electron chi connectivity index (χ3n) is 5.27. The highest BCUT2D eigenvalue weighted by Gasteiger charge is 2.36. The Morgan fingerprint density at radius 1 is 1.08 bits per heavy atom. The predicted molar refractivity (Wildman–Crippen MR) is 89.1 cm³/mol. The predicted octanol–water partition coefficient (Wildman–Crippen LogP) is -0.00560. The molecule has 0 spiro atoms. The monoisotopic (exact) mass is 334 g/mol. The van der Waals surface area contributed by atoms with Crippen molar-refractivity contribution in [3.63, 3.8) is 0 Å². The minimum atomic E-state index is -1.06. The number of amides is 1. The van der Waals surface area contributed by atoms with Gasteiger partial charge in [0, 0.05) is 26.2 Å². The van der Waals surface area contributed by atoms with E-state index in [-0.39, 0.29) is 6.04 Å². The Kier molecular flexibility index (Phi) is 5.50. The van der Waals surface area contributed by atoms with E-state index in [0.29, 0.717) is 19.0 Å². The molecule has 0 aromatic heterocycles. The first-order chi connectivity index (χ1) is 11.6. The molecule has 2 saturated heterocycles. The quantitative estimate of drug-likeness (QED) is 0.675. The van der Waals surface area contributed by atoms with Gasteiger partial charge in [-0.3, -0.25) is 9.69 Å². The number of carbonyl (C=O) groups is 1. The van der Waals surface area contributed by atoms with Gasteiger partial charge in [-0.05, 0) is 24.3 Å². The summed E-state index contributed by atoms with van der Waals surface area (Å²) in [7, 11) is 0. The number of rotatable bonds is 4. The van der Waals surface area contributed by atoms with Crippen molar-refractivity contribution in [3.05, 3.63) is 35.9 Å². The molecule has 3 rings (SSSR count). The second-order valence-corrected chi connectivity index (χ2v) is 7.00. The summed E-state index contributed by atoms with van der Waals surface area (Å²) in [5.74, 6) is 0.390. The van der Waals surface area contributed by atoms with Crippen molar-refractivity contribution in [2.24, 2.45) is 5.92 Å². The average molecular weight is 334 g/mol. The van der Waals surface area contributed by atoms with Gasteiger partial charge >= 0.3 is 0 Å². The van der Waals surface area contributed by atoms with Crippen LogP contribution in [0.4, 0.5) is 0 Å². The third-order valence-corrected chi connectivity index (χ3v) is 5.27. The molecule has 0 bridgehead atoms. The summed E-state index contributed by atoms with van der Waals surface area (Å²) in [6, 6.07) is 10.1. The fourth-order valence-electron chi connectivity index (χ4n) is 3.94. The molecule has 4 unspecified atom stereocenters. The number of aliphatic hydroxyl groups excluding tert-OH is 3. The van der Waals surface area contributed by atoms with Crippen molar-refractivity contribution in [2.75, 3.05) is 26.2 Å². The lowest BCUT2D eigenvalue weighted by molar-refractivity contribution is -0.123. The van der Waals surface area contributed by atoms with Crippen molar-refractivity contribution in [3.8, 4) is 0 Å². The Labute approximate surface area is 142 Å². The summed E-state index contributed by atoms with van der Waals surface area (Å²) in [6.07, 6.45) is -0.169. The molecule has 6 heteroatoms. The van der Waals surface area contributed by atoms with Gasteiger partial charge in [-0.15, -0.1) is 0 Å². The van der Waals surface area contributed by atoms with Crippen molar-refractivity contribution in [1.82, 2.24) is 9.80 Å². The van der Waals surface area contributed by atoms with Crippen LogP contribution in [0, 0.1) is 5.92 Å². The summed E-state index contributed by atoms with van der Waals surface area (Å²) < 4.78 is 0. The summed E-state index contributed by atoms with van der Waals surface area (Å²) in [4.78, 5) is 15.3. The standard InChI is InChI=1S/C18H26N2O4/c21-12-20-7-6-13(8-15(20)14-4-2-1-3-5-14)9-19-10-16(22)18(24)17(23)11-19/h1-5,12-13,15-18,22-24H,6-11H2. The Morgan fingerprint density at radius 2 is 1.75 bits per heavy atom. The molecule has 2 fully saturated rings. The Morgan fingerprint density at radius 3 is 2.38 bits per heavy atom. The number of piperidine rings is 2.